The maximum absolute atomic E-state index is 11.6. The van der Waals surface area contributed by atoms with Crippen LogP contribution in [0.2, 0.25) is 0 Å². The van der Waals surface area contributed by atoms with Gasteiger partial charge in [0, 0.05) is 13.0 Å². The van der Waals surface area contributed by atoms with Gasteiger partial charge in [-0.05, 0) is 11.4 Å². The molecule has 1 aromatic rings. The van der Waals surface area contributed by atoms with E-state index >= 15 is 0 Å². The lowest BCUT2D eigenvalue weighted by molar-refractivity contribution is -0.736. The van der Waals surface area contributed by atoms with E-state index in [4.69, 9.17) is 0 Å². The fraction of sp³-hybridized carbons (Fsp3) is 0.273. The van der Waals surface area contributed by atoms with Gasteiger partial charge >= 0.3 is 0 Å². The molecule has 0 bridgehead atoms. The minimum Gasteiger partial charge on any atom is -1.00 e. The van der Waals surface area contributed by atoms with Gasteiger partial charge in [-0.25, -0.2) is 4.99 Å². The SMILES string of the molecule is O=C(NCCC[NH+]1C=CN=C1)c1cccs1.[Cl-]. The van der Waals surface area contributed by atoms with Crippen LogP contribution in [0.25, 0.3) is 0 Å². The Morgan fingerprint density at radius 1 is 1.53 bits per heavy atom. The third-order valence-corrected chi connectivity index (χ3v) is 3.16. The molecular weight excluding hydrogens is 258 g/mol. The highest BCUT2D eigenvalue weighted by atomic mass is 35.5. The average Bonchev–Trinajstić information content (AvgIpc) is 2.96. The van der Waals surface area contributed by atoms with E-state index in [1.54, 1.807) is 6.20 Å². The van der Waals surface area contributed by atoms with Gasteiger partial charge in [-0.2, -0.15) is 0 Å². The monoisotopic (exact) mass is 271 g/mol. The Balaban J connectivity index is 0.00000144. The summed E-state index contributed by atoms with van der Waals surface area (Å²) in [6.45, 7) is 1.67. The van der Waals surface area contributed by atoms with Gasteiger partial charge < -0.3 is 17.7 Å². The van der Waals surface area contributed by atoms with Crippen LogP contribution in [-0.4, -0.2) is 25.3 Å². The molecule has 6 heteroatoms. The fourth-order valence-electron chi connectivity index (χ4n) is 1.46. The number of thiophene rings is 1. The van der Waals surface area contributed by atoms with E-state index in [-0.39, 0.29) is 18.3 Å². The molecule has 0 spiro atoms. The molecule has 1 aromatic heterocycles. The van der Waals surface area contributed by atoms with E-state index in [1.807, 2.05) is 30.1 Å². The van der Waals surface area contributed by atoms with E-state index in [0.717, 1.165) is 17.8 Å². The van der Waals surface area contributed by atoms with Crippen molar-refractivity contribution in [2.45, 2.75) is 6.42 Å². The molecule has 1 unspecified atom stereocenters. The zero-order chi connectivity index (χ0) is 11.2. The van der Waals surface area contributed by atoms with Crippen molar-refractivity contribution in [2.24, 2.45) is 4.99 Å². The molecule has 17 heavy (non-hydrogen) atoms. The van der Waals surface area contributed by atoms with Gasteiger partial charge in [0.2, 0.25) is 0 Å². The number of carbonyl (C=O) groups is 1. The van der Waals surface area contributed by atoms with Crippen molar-refractivity contribution < 1.29 is 22.1 Å². The second-order valence-corrected chi connectivity index (χ2v) is 4.45. The molecular formula is C11H14ClN3OS. The first-order valence-corrected chi connectivity index (χ1v) is 6.11. The Kier molecular flexibility index (Phi) is 5.90. The smallest absolute Gasteiger partial charge is 0.261 e. The lowest BCUT2D eigenvalue weighted by atomic mass is 10.3. The zero-order valence-electron chi connectivity index (χ0n) is 9.23. The molecule has 0 saturated heterocycles. The molecule has 0 aliphatic carbocycles. The molecule has 2 heterocycles. The molecule has 1 aliphatic heterocycles. The summed E-state index contributed by atoms with van der Waals surface area (Å²) in [5.41, 5.74) is 0. The highest BCUT2D eigenvalue weighted by Gasteiger charge is 2.07. The number of hydrogen-bond donors (Lipinski definition) is 2. The van der Waals surface area contributed by atoms with Crippen LogP contribution in [0.5, 0.6) is 0 Å². The Morgan fingerprint density at radius 3 is 3.06 bits per heavy atom. The topological polar surface area (TPSA) is 45.9 Å². The van der Waals surface area contributed by atoms with Crippen LogP contribution >= 0.6 is 11.3 Å². The van der Waals surface area contributed by atoms with Crippen LogP contribution in [-0.2, 0) is 0 Å². The Morgan fingerprint density at radius 2 is 2.41 bits per heavy atom. The molecule has 2 rings (SSSR count). The number of aliphatic imine (C=N–C) groups is 1. The van der Waals surface area contributed by atoms with Crippen molar-refractivity contribution in [3.63, 3.8) is 0 Å². The average molecular weight is 272 g/mol. The van der Waals surface area contributed by atoms with Crippen molar-refractivity contribution in [3.8, 4) is 0 Å². The summed E-state index contributed by atoms with van der Waals surface area (Å²) in [5.74, 6) is 0.0237. The first-order chi connectivity index (χ1) is 7.86. The fourth-order valence-corrected chi connectivity index (χ4v) is 2.10. The molecule has 2 N–H and O–H groups in total. The number of quaternary nitrogens is 1. The van der Waals surface area contributed by atoms with E-state index in [1.165, 1.54) is 16.2 Å². The minimum atomic E-state index is 0. The van der Waals surface area contributed by atoms with Crippen LogP contribution in [0.15, 0.2) is 34.9 Å². The Bertz CT molecular complexity index is 391. The first-order valence-electron chi connectivity index (χ1n) is 5.23. The maximum Gasteiger partial charge on any atom is 0.261 e. The van der Waals surface area contributed by atoms with Crippen LogP contribution in [0.3, 0.4) is 0 Å². The van der Waals surface area contributed by atoms with Crippen molar-refractivity contribution in [3.05, 3.63) is 34.8 Å². The number of amides is 1. The summed E-state index contributed by atoms with van der Waals surface area (Å²) in [6, 6.07) is 3.72. The highest BCUT2D eigenvalue weighted by Crippen LogP contribution is 2.07. The van der Waals surface area contributed by atoms with Crippen molar-refractivity contribution in [1.82, 2.24) is 5.32 Å². The first kappa shape index (κ1) is 13.9. The van der Waals surface area contributed by atoms with Crippen LogP contribution in [0.4, 0.5) is 0 Å². The Hall–Kier alpha value is -1.17. The molecule has 1 aliphatic rings. The number of nitrogens with one attached hydrogen (secondary N) is 2. The molecule has 1 amide bonds. The second kappa shape index (κ2) is 7.21. The lowest BCUT2D eigenvalue weighted by Gasteiger charge is -2.06. The summed E-state index contributed by atoms with van der Waals surface area (Å²) in [6.07, 6.45) is 6.60. The summed E-state index contributed by atoms with van der Waals surface area (Å²) >= 11 is 1.46. The third-order valence-electron chi connectivity index (χ3n) is 2.29. The van der Waals surface area contributed by atoms with Gasteiger partial charge in [0.15, 0.2) is 6.34 Å². The van der Waals surface area contributed by atoms with Crippen LogP contribution in [0.1, 0.15) is 16.1 Å². The maximum atomic E-state index is 11.6. The van der Waals surface area contributed by atoms with Crippen molar-refractivity contribution >= 4 is 23.6 Å². The predicted molar refractivity (Wildman–Crippen MR) is 64.7 cm³/mol. The predicted octanol–water partition coefficient (Wildman–Crippen LogP) is -2.73. The normalized spacial score (nSPS) is 16.8. The summed E-state index contributed by atoms with van der Waals surface area (Å²) in [4.78, 5) is 17.5. The molecule has 0 saturated carbocycles. The summed E-state index contributed by atoms with van der Waals surface area (Å²) in [5, 5.41) is 4.81. The zero-order valence-corrected chi connectivity index (χ0v) is 10.8. The van der Waals surface area contributed by atoms with Gasteiger partial charge in [0.25, 0.3) is 5.91 Å². The molecule has 0 radical (unpaired) electrons. The van der Waals surface area contributed by atoms with Crippen LogP contribution in [0, 0.1) is 0 Å². The van der Waals surface area contributed by atoms with E-state index in [0.29, 0.717) is 6.54 Å². The quantitative estimate of drug-likeness (QED) is 0.562. The number of carbonyl (C=O) groups excluding carboxylic acids is 1. The number of hydrogen-bond acceptors (Lipinski definition) is 3. The van der Waals surface area contributed by atoms with Gasteiger partial charge in [-0.15, -0.1) is 11.3 Å². The van der Waals surface area contributed by atoms with Gasteiger partial charge in [0.1, 0.15) is 6.20 Å². The largest absolute Gasteiger partial charge is 1.00 e. The van der Waals surface area contributed by atoms with Crippen molar-refractivity contribution in [1.29, 1.82) is 0 Å². The Labute approximate surface area is 110 Å². The molecule has 0 aromatic carbocycles. The molecule has 1 atom stereocenters. The summed E-state index contributed by atoms with van der Waals surface area (Å²) < 4.78 is 0. The van der Waals surface area contributed by atoms with E-state index in [9.17, 15) is 4.79 Å². The number of nitrogens with zero attached hydrogens (tertiary/aromatic N) is 1. The molecule has 92 valence electrons. The van der Waals surface area contributed by atoms with Gasteiger partial charge in [-0.3, -0.25) is 9.69 Å². The number of halogens is 1. The second-order valence-electron chi connectivity index (χ2n) is 3.51. The van der Waals surface area contributed by atoms with Gasteiger partial charge in [-0.1, -0.05) is 6.07 Å². The third kappa shape index (κ3) is 4.30. The van der Waals surface area contributed by atoms with Gasteiger partial charge in [0.05, 0.1) is 17.6 Å². The standard InChI is InChI=1S/C11H13N3OS.ClH/c15-11(10-3-1-8-16-10)13-4-2-6-14-7-5-12-9-14;/h1,3,5,7-9H,2,4,6H2,(H,13,15);1H. The minimum absolute atomic E-state index is 0. The lowest BCUT2D eigenvalue weighted by Crippen LogP contribution is -3.05. The van der Waals surface area contributed by atoms with E-state index < -0.39 is 0 Å². The summed E-state index contributed by atoms with van der Waals surface area (Å²) in [7, 11) is 0. The number of rotatable bonds is 5. The van der Waals surface area contributed by atoms with Crippen molar-refractivity contribution in [2.75, 3.05) is 13.1 Å². The highest BCUT2D eigenvalue weighted by molar-refractivity contribution is 7.12. The van der Waals surface area contributed by atoms with Crippen LogP contribution < -0.4 is 22.6 Å². The molecule has 0 fully saturated rings. The van der Waals surface area contributed by atoms with E-state index in [2.05, 4.69) is 10.3 Å². The molecule has 4 nitrogen and oxygen atoms in total.